The molecule has 2 N–H and O–H groups in total. The predicted molar refractivity (Wildman–Crippen MR) is 141 cm³/mol. The van der Waals surface area contributed by atoms with Crippen LogP contribution in [-0.4, -0.2) is 70.9 Å². The summed E-state index contributed by atoms with van der Waals surface area (Å²) in [6, 6.07) is 11.9. The summed E-state index contributed by atoms with van der Waals surface area (Å²) in [6.07, 6.45) is 6.72. The third-order valence-electron chi connectivity index (χ3n) is 6.54. The quantitative estimate of drug-likeness (QED) is 0.351. The molecule has 1 fully saturated rings. The van der Waals surface area contributed by atoms with Crippen LogP contribution >= 0.6 is 0 Å². The van der Waals surface area contributed by atoms with E-state index in [9.17, 15) is 4.79 Å². The number of likely N-dealkylation sites (N-methyl/N-ethyl adjacent to an activating group) is 1. The maximum absolute atomic E-state index is 13.1. The van der Waals surface area contributed by atoms with Gasteiger partial charge >= 0.3 is 0 Å². The van der Waals surface area contributed by atoms with Gasteiger partial charge in [0.2, 0.25) is 0 Å². The van der Waals surface area contributed by atoms with Crippen LogP contribution in [0, 0.1) is 0 Å². The normalized spacial score (nSPS) is 13.5. The number of rotatable bonds is 10. The number of H-pyrrole nitrogens is 1. The molecule has 4 heterocycles. The van der Waals surface area contributed by atoms with Crippen molar-refractivity contribution in [2.24, 2.45) is 0 Å². The monoisotopic (exact) mass is 485 g/mol. The molecule has 9 heteroatoms. The van der Waals surface area contributed by atoms with Gasteiger partial charge in [-0.15, -0.1) is 0 Å². The highest BCUT2D eigenvalue weighted by atomic mass is 16.5. The van der Waals surface area contributed by atoms with Gasteiger partial charge in [0.1, 0.15) is 5.82 Å². The molecule has 1 aliphatic rings. The number of carbonyl (C=O) groups is 1. The molecular formula is C27H31N7O2. The lowest BCUT2D eigenvalue weighted by molar-refractivity contribution is 0.102. The van der Waals surface area contributed by atoms with Crippen molar-refractivity contribution in [2.45, 2.75) is 19.9 Å². The molecule has 1 saturated heterocycles. The van der Waals surface area contributed by atoms with E-state index in [0.29, 0.717) is 18.0 Å². The Morgan fingerprint density at radius 1 is 1.14 bits per heavy atom. The van der Waals surface area contributed by atoms with Gasteiger partial charge in [-0.1, -0.05) is 6.07 Å². The van der Waals surface area contributed by atoms with Crippen molar-refractivity contribution < 1.29 is 9.53 Å². The van der Waals surface area contributed by atoms with E-state index in [1.54, 1.807) is 13.3 Å². The second-order valence-corrected chi connectivity index (χ2v) is 8.98. The summed E-state index contributed by atoms with van der Waals surface area (Å²) in [7, 11) is 1.68. The number of ether oxygens (including phenoxy) is 1. The van der Waals surface area contributed by atoms with Gasteiger partial charge in [0.25, 0.3) is 5.91 Å². The first kappa shape index (κ1) is 23.9. The number of likely N-dealkylation sites (tertiary alicyclic amines) is 1. The number of carbonyl (C=O) groups excluding carboxylic acids is 1. The van der Waals surface area contributed by atoms with Crippen LogP contribution in [0.5, 0.6) is 0 Å². The smallest absolute Gasteiger partial charge is 0.276 e. The van der Waals surface area contributed by atoms with Crippen molar-refractivity contribution in [1.82, 2.24) is 25.1 Å². The summed E-state index contributed by atoms with van der Waals surface area (Å²) in [5, 5.41) is 10.9. The number of hydrogen-bond donors (Lipinski definition) is 2. The van der Waals surface area contributed by atoms with Crippen molar-refractivity contribution in [3.63, 3.8) is 0 Å². The molecule has 1 aliphatic heterocycles. The predicted octanol–water partition coefficient (Wildman–Crippen LogP) is 3.95. The van der Waals surface area contributed by atoms with Crippen LogP contribution in [0.25, 0.3) is 22.0 Å². The maximum atomic E-state index is 13.1. The molecule has 9 nitrogen and oxygen atoms in total. The Balaban J connectivity index is 1.33. The van der Waals surface area contributed by atoms with E-state index in [2.05, 4.69) is 48.3 Å². The largest absolute Gasteiger partial charge is 0.383 e. The summed E-state index contributed by atoms with van der Waals surface area (Å²) < 4.78 is 5.17. The van der Waals surface area contributed by atoms with E-state index < -0.39 is 0 Å². The molecule has 186 valence electrons. The number of nitrogens with one attached hydrogen (secondary N) is 2. The summed E-state index contributed by atoms with van der Waals surface area (Å²) in [4.78, 5) is 26.6. The minimum Gasteiger partial charge on any atom is -0.383 e. The lowest BCUT2D eigenvalue weighted by atomic mass is 10.0. The van der Waals surface area contributed by atoms with E-state index in [-0.39, 0.29) is 5.91 Å². The molecule has 0 spiro atoms. The van der Waals surface area contributed by atoms with Gasteiger partial charge in [0, 0.05) is 50.1 Å². The van der Waals surface area contributed by atoms with Crippen molar-refractivity contribution in [3.05, 3.63) is 66.2 Å². The van der Waals surface area contributed by atoms with Crippen molar-refractivity contribution >= 4 is 28.3 Å². The Morgan fingerprint density at radius 3 is 2.75 bits per heavy atom. The molecule has 1 amide bonds. The average Bonchev–Trinajstić information content (AvgIpc) is 3.31. The minimum absolute atomic E-state index is 0.288. The van der Waals surface area contributed by atoms with Crippen molar-refractivity contribution in [2.75, 3.05) is 50.1 Å². The topological polar surface area (TPSA) is 99.3 Å². The highest BCUT2D eigenvalue weighted by Crippen LogP contribution is 2.27. The number of nitrogens with zero attached hydrogens (tertiary/aromatic N) is 5. The highest BCUT2D eigenvalue weighted by molar-refractivity contribution is 6.11. The molecule has 4 aromatic rings. The first-order valence-corrected chi connectivity index (χ1v) is 12.3. The number of anilines is 2. The lowest BCUT2D eigenvalue weighted by Gasteiger charge is -2.30. The number of fused-ring (bicyclic) bond motifs is 1. The van der Waals surface area contributed by atoms with Crippen LogP contribution in [-0.2, 0) is 11.3 Å². The zero-order valence-corrected chi connectivity index (χ0v) is 20.7. The Hall–Kier alpha value is -3.82. The zero-order valence-electron chi connectivity index (χ0n) is 20.7. The highest BCUT2D eigenvalue weighted by Gasteiger charge is 2.17. The Labute approximate surface area is 210 Å². The van der Waals surface area contributed by atoms with E-state index in [1.165, 1.54) is 12.0 Å². The van der Waals surface area contributed by atoms with Crippen LogP contribution in [0.2, 0.25) is 0 Å². The standard InChI is InChI=1S/C27H31N7O2/c1-3-34(11-12-36-2)25-8-6-22(17-29-25)30-27(35)26-23-14-20(5-7-24(23)31-32-26)21-13-19(15-28-16-21)18-33-9-4-10-33/h5-8,13-17H,3-4,9-12,18H2,1-2H3,(H,30,35)(H,31,32). The lowest BCUT2D eigenvalue weighted by Crippen LogP contribution is -2.36. The molecule has 0 aliphatic carbocycles. The number of methoxy groups -OCH3 is 1. The second kappa shape index (κ2) is 10.8. The molecule has 0 saturated carbocycles. The second-order valence-electron chi connectivity index (χ2n) is 8.98. The first-order chi connectivity index (χ1) is 17.6. The maximum Gasteiger partial charge on any atom is 0.276 e. The van der Waals surface area contributed by atoms with E-state index in [0.717, 1.165) is 60.6 Å². The number of aromatic amines is 1. The number of amides is 1. The molecule has 1 aromatic carbocycles. The molecule has 0 atom stereocenters. The fourth-order valence-corrected chi connectivity index (χ4v) is 4.37. The minimum atomic E-state index is -0.288. The first-order valence-electron chi connectivity index (χ1n) is 12.3. The molecule has 0 radical (unpaired) electrons. The molecular weight excluding hydrogens is 454 g/mol. The van der Waals surface area contributed by atoms with Gasteiger partial charge in [-0.2, -0.15) is 5.10 Å². The van der Waals surface area contributed by atoms with Crippen LogP contribution in [0.15, 0.2) is 55.0 Å². The molecule has 36 heavy (non-hydrogen) atoms. The number of aromatic nitrogens is 4. The average molecular weight is 486 g/mol. The SMILES string of the molecule is CCN(CCOC)c1ccc(NC(=O)c2n[nH]c3ccc(-c4cncc(CN5CCC5)c4)cc23)cn1. The molecule has 0 bridgehead atoms. The van der Waals surface area contributed by atoms with Gasteiger partial charge in [-0.25, -0.2) is 4.98 Å². The fraction of sp³-hybridized carbons (Fsp3) is 0.333. The Bertz CT molecular complexity index is 1330. The fourth-order valence-electron chi connectivity index (χ4n) is 4.37. The van der Waals surface area contributed by atoms with Gasteiger partial charge in [0.05, 0.1) is 24.0 Å². The zero-order chi connectivity index (χ0) is 24.9. The third kappa shape index (κ3) is 5.22. The summed E-state index contributed by atoms with van der Waals surface area (Å²) >= 11 is 0. The van der Waals surface area contributed by atoms with Crippen LogP contribution in [0.1, 0.15) is 29.4 Å². The molecule has 5 rings (SSSR count). The van der Waals surface area contributed by atoms with Crippen LogP contribution in [0.4, 0.5) is 11.5 Å². The van der Waals surface area contributed by atoms with Crippen molar-refractivity contribution in [1.29, 1.82) is 0 Å². The van der Waals surface area contributed by atoms with Crippen LogP contribution < -0.4 is 10.2 Å². The van der Waals surface area contributed by atoms with E-state index >= 15 is 0 Å². The van der Waals surface area contributed by atoms with E-state index in [4.69, 9.17) is 4.74 Å². The Kier molecular flexibility index (Phi) is 7.20. The summed E-state index contributed by atoms with van der Waals surface area (Å²) in [5.74, 6) is 0.552. The van der Waals surface area contributed by atoms with E-state index in [1.807, 2.05) is 42.7 Å². The van der Waals surface area contributed by atoms with Crippen LogP contribution in [0.3, 0.4) is 0 Å². The van der Waals surface area contributed by atoms with Gasteiger partial charge in [-0.05, 0) is 67.9 Å². The van der Waals surface area contributed by atoms with Gasteiger partial charge in [-0.3, -0.25) is 19.8 Å². The summed E-state index contributed by atoms with van der Waals surface area (Å²) in [5.41, 5.74) is 4.97. The number of pyridine rings is 2. The number of hydrogen-bond acceptors (Lipinski definition) is 7. The summed E-state index contributed by atoms with van der Waals surface area (Å²) in [6.45, 7) is 7.48. The molecule has 3 aromatic heterocycles. The molecule has 0 unspecified atom stereocenters. The Morgan fingerprint density at radius 2 is 2.03 bits per heavy atom. The van der Waals surface area contributed by atoms with Gasteiger partial charge < -0.3 is 15.0 Å². The van der Waals surface area contributed by atoms with Crippen molar-refractivity contribution in [3.8, 4) is 11.1 Å². The number of benzene rings is 1. The third-order valence-corrected chi connectivity index (χ3v) is 6.54. The van der Waals surface area contributed by atoms with Gasteiger partial charge in [0.15, 0.2) is 5.69 Å².